The zero-order chi connectivity index (χ0) is 13.3. The third-order valence-corrected chi connectivity index (χ3v) is 3.81. The van der Waals surface area contributed by atoms with E-state index in [0.29, 0.717) is 11.0 Å². The average molecular weight is 282 g/mol. The Kier molecular flexibility index (Phi) is 3.20. The Morgan fingerprint density at radius 1 is 1.28 bits per heavy atom. The van der Waals surface area contributed by atoms with Gasteiger partial charge in [-0.15, -0.1) is 0 Å². The summed E-state index contributed by atoms with van der Waals surface area (Å²) in [5.74, 6) is 0. The smallest absolute Gasteiger partial charge is 0.192 e. The van der Waals surface area contributed by atoms with Gasteiger partial charge in [0.15, 0.2) is 20.2 Å². The topological polar surface area (TPSA) is 83.7 Å². The lowest BCUT2D eigenvalue weighted by atomic mass is 10.2. The summed E-state index contributed by atoms with van der Waals surface area (Å²) in [5.41, 5.74) is 1.03. The van der Waals surface area contributed by atoms with Crippen LogP contribution in [-0.2, 0) is 9.84 Å². The van der Waals surface area contributed by atoms with E-state index in [0.717, 1.165) is 6.26 Å². The number of fused-ring (bicyclic) bond motifs is 1. The molecule has 0 bridgehead atoms. The van der Waals surface area contributed by atoms with Crippen LogP contribution in [0.15, 0.2) is 24.3 Å². The molecule has 1 aromatic heterocycles. The van der Waals surface area contributed by atoms with Gasteiger partial charge in [-0.3, -0.25) is 0 Å². The van der Waals surface area contributed by atoms with E-state index >= 15 is 0 Å². The number of sulfone groups is 1. The fraction of sp³-hybridized carbons (Fsp3) is 0.182. The van der Waals surface area contributed by atoms with Crippen molar-refractivity contribution in [2.24, 2.45) is 0 Å². The summed E-state index contributed by atoms with van der Waals surface area (Å²) in [6, 6.07) is 8.59. The van der Waals surface area contributed by atoms with Crippen molar-refractivity contribution in [2.75, 3.05) is 6.26 Å². The molecule has 0 radical (unpaired) electrons. The molecule has 0 aliphatic carbocycles. The first-order valence-corrected chi connectivity index (χ1v) is 7.27. The molecule has 0 saturated carbocycles. The van der Waals surface area contributed by atoms with Crippen LogP contribution in [0.1, 0.15) is 10.9 Å². The van der Waals surface area contributed by atoms with Crippen molar-refractivity contribution in [3.8, 4) is 6.07 Å². The van der Waals surface area contributed by atoms with Crippen molar-refractivity contribution < 1.29 is 8.42 Å². The fourth-order valence-corrected chi connectivity index (χ4v) is 2.59. The van der Waals surface area contributed by atoms with Gasteiger partial charge in [-0.2, -0.15) is 5.26 Å². The number of benzene rings is 1. The van der Waals surface area contributed by atoms with E-state index in [4.69, 9.17) is 16.9 Å². The molecule has 0 N–H and O–H groups in total. The van der Waals surface area contributed by atoms with Gasteiger partial charge in [-0.25, -0.2) is 18.4 Å². The van der Waals surface area contributed by atoms with Crippen LogP contribution in [0.3, 0.4) is 0 Å². The summed E-state index contributed by atoms with van der Waals surface area (Å²) < 4.78 is 23.0. The second-order valence-corrected chi connectivity index (χ2v) is 6.22. The third-order valence-electron chi connectivity index (χ3n) is 2.35. The monoisotopic (exact) mass is 281 g/mol. The lowest BCUT2D eigenvalue weighted by molar-refractivity contribution is 0.596. The Hall–Kier alpha value is -1.71. The van der Waals surface area contributed by atoms with Crippen LogP contribution in [0.25, 0.3) is 11.0 Å². The number of nitriles is 1. The molecule has 1 atom stereocenters. The molecule has 18 heavy (non-hydrogen) atoms. The average Bonchev–Trinajstić information content (AvgIpc) is 2.29. The normalized spacial score (nSPS) is 13.2. The molecule has 2 rings (SSSR count). The van der Waals surface area contributed by atoms with E-state index in [9.17, 15) is 8.42 Å². The molecule has 92 valence electrons. The van der Waals surface area contributed by atoms with Gasteiger partial charge in [0, 0.05) is 6.26 Å². The minimum Gasteiger partial charge on any atom is -0.245 e. The van der Waals surface area contributed by atoms with E-state index in [2.05, 4.69) is 9.97 Å². The molecule has 7 heteroatoms. The predicted octanol–water partition coefficient (Wildman–Crippen LogP) is 1.89. The highest BCUT2D eigenvalue weighted by atomic mass is 35.5. The van der Waals surface area contributed by atoms with Crippen molar-refractivity contribution >= 4 is 32.5 Å². The molecular weight excluding hydrogens is 274 g/mol. The Morgan fingerprint density at radius 3 is 2.33 bits per heavy atom. The first-order chi connectivity index (χ1) is 8.43. The Labute approximate surface area is 109 Å². The van der Waals surface area contributed by atoms with Crippen LogP contribution in [0.4, 0.5) is 0 Å². The second kappa shape index (κ2) is 4.52. The summed E-state index contributed by atoms with van der Waals surface area (Å²) in [6.45, 7) is 0. The van der Waals surface area contributed by atoms with Gasteiger partial charge in [-0.1, -0.05) is 23.7 Å². The highest BCUT2D eigenvalue weighted by Crippen LogP contribution is 2.26. The van der Waals surface area contributed by atoms with E-state index in [1.54, 1.807) is 30.3 Å². The number of hydrogen-bond donors (Lipinski definition) is 0. The highest BCUT2D eigenvalue weighted by Gasteiger charge is 2.27. The molecule has 1 aromatic carbocycles. The van der Waals surface area contributed by atoms with Gasteiger partial charge in [-0.05, 0) is 12.1 Å². The zero-order valence-corrected chi connectivity index (χ0v) is 10.9. The molecule has 0 saturated heterocycles. The van der Waals surface area contributed by atoms with Gasteiger partial charge in [0.25, 0.3) is 0 Å². The molecular formula is C11H8ClN3O2S. The minimum absolute atomic E-state index is 0.0274. The van der Waals surface area contributed by atoms with Crippen LogP contribution >= 0.6 is 11.6 Å². The molecule has 0 amide bonds. The van der Waals surface area contributed by atoms with Crippen LogP contribution in [0, 0.1) is 11.3 Å². The summed E-state index contributed by atoms with van der Waals surface area (Å²) in [5, 5.41) is 7.49. The van der Waals surface area contributed by atoms with Gasteiger partial charge < -0.3 is 0 Å². The van der Waals surface area contributed by atoms with E-state index in [1.165, 1.54) is 0 Å². The highest BCUT2D eigenvalue weighted by molar-refractivity contribution is 7.91. The quantitative estimate of drug-likeness (QED) is 0.839. The first kappa shape index (κ1) is 12.7. The SMILES string of the molecule is CS(=O)(=O)[C@H](C#N)c1nc2ccccc2nc1Cl. The van der Waals surface area contributed by atoms with Crippen molar-refractivity contribution in [1.82, 2.24) is 9.97 Å². The van der Waals surface area contributed by atoms with Gasteiger partial charge >= 0.3 is 0 Å². The number of hydrogen-bond acceptors (Lipinski definition) is 5. The lowest BCUT2D eigenvalue weighted by Crippen LogP contribution is -2.12. The first-order valence-electron chi connectivity index (χ1n) is 4.94. The summed E-state index contributed by atoms with van der Waals surface area (Å²) >= 11 is 5.89. The van der Waals surface area contributed by atoms with Crippen molar-refractivity contribution in [2.45, 2.75) is 5.25 Å². The molecule has 0 unspecified atom stereocenters. The predicted molar refractivity (Wildman–Crippen MR) is 67.7 cm³/mol. The molecule has 0 fully saturated rings. The summed E-state index contributed by atoms with van der Waals surface area (Å²) in [7, 11) is -3.61. The van der Waals surface area contributed by atoms with Gasteiger partial charge in [0.2, 0.25) is 0 Å². The maximum absolute atomic E-state index is 11.5. The summed E-state index contributed by atoms with van der Waals surface area (Å²) in [4.78, 5) is 8.16. The number of para-hydroxylation sites is 2. The molecule has 2 aromatic rings. The van der Waals surface area contributed by atoms with Crippen LogP contribution in [0.2, 0.25) is 5.15 Å². The molecule has 0 spiro atoms. The van der Waals surface area contributed by atoms with Crippen LogP contribution in [0.5, 0.6) is 0 Å². The Balaban J connectivity index is 2.72. The Morgan fingerprint density at radius 2 is 1.83 bits per heavy atom. The molecule has 1 heterocycles. The summed E-state index contributed by atoms with van der Waals surface area (Å²) in [6.07, 6.45) is 0.966. The number of halogens is 1. The number of nitrogens with zero attached hydrogens (tertiary/aromatic N) is 3. The minimum atomic E-state index is -3.61. The second-order valence-electron chi connectivity index (χ2n) is 3.73. The molecule has 5 nitrogen and oxygen atoms in total. The maximum Gasteiger partial charge on any atom is 0.192 e. The third kappa shape index (κ3) is 2.28. The molecule has 0 aliphatic heterocycles. The van der Waals surface area contributed by atoms with Crippen LogP contribution < -0.4 is 0 Å². The Bertz CT molecular complexity index is 752. The largest absolute Gasteiger partial charge is 0.245 e. The number of rotatable bonds is 2. The van der Waals surface area contributed by atoms with Crippen molar-refractivity contribution in [3.63, 3.8) is 0 Å². The molecule has 0 aliphatic rings. The maximum atomic E-state index is 11.5. The van der Waals surface area contributed by atoms with Crippen molar-refractivity contribution in [1.29, 1.82) is 5.26 Å². The number of aromatic nitrogens is 2. The van der Waals surface area contributed by atoms with Gasteiger partial charge in [0.05, 0.1) is 17.1 Å². The lowest BCUT2D eigenvalue weighted by Gasteiger charge is -2.08. The van der Waals surface area contributed by atoms with Crippen molar-refractivity contribution in [3.05, 3.63) is 35.1 Å². The van der Waals surface area contributed by atoms with E-state index < -0.39 is 15.1 Å². The standard InChI is InChI=1S/C11H8ClN3O2S/c1-18(16,17)9(6-13)10-11(12)15-8-5-3-2-4-7(8)14-10/h2-5,9H,1H3/t9-/m1/s1. The van der Waals surface area contributed by atoms with Crippen LogP contribution in [-0.4, -0.2) is 24.6 Å². The fourth-order valence-electron chi connectivity index (χ4n) is 1.52. The van der Waals surface area contributed by atoms with E-state index in [1.807, 2.05) is 0 Å². The van der Waals surface area contributed by atoms with E-state index in [-0.39, 0.29) is 10.8 Å². The van der Waals surface area contributed by atoms with Gasteiger partial charge in [0.1, 0.15) is 5.69 Å². The zero-order valence-electron chi connectivity index (χ0n) is 9.33.